The minimum absolute atomic E-state index is 0.306. The van der Waals surface area contributed by atoms with Crippen LogP contribution < -0.4 is 10.9 Å². The number of carbonyl (C=O) groups is 1. The largest absolute Gasteiger partial charge is 0.418 e. The van der Waals surface area contributed by atoms with Gasteiger partial charge in [0, 0.05) is 11.6 Å². The first-order valence-electron chi connectivity index (χ1n) is 8.50. The average Bonchev–Trinajstić information content (AvgIpc) is 2.68. The number of rotatable bonds is 4. The van der Waals surface area contributed by atoms with Crippen LogP contribution in [0.2, 0.25) is 0 Å². The Morgan fingerprint density at radius 1 is 1.03 bits per heavy atom. The van der Waals surface area contributed by atoms with E-state index in [1.54, 1.807) is 0 Å². The highest BCUT2D eigenvalue weighted by Crippen LogP contribution is 2.34. The van der Waals surface area contributed by atoms with Gasteiger partial charge in [0.2, 0.25) is 5.91 Å². The second kappa shape index (κ2) is 7.86. The first kappa shape index (κ1) is 20.2. The van der Waals surface area contributed by atoms with Crippen LogP contribution in [-0.2, 0) is 11.0 Å². The number of anilines is 1. The van der Waals surface area contributed by atoms with E-state index in [2.05, 4.69) is 10.4 Å². The summed E-state index contributed by atoms with van der Waals surface area (Å²) in [7, 11) is 0. The quantitative estimate of drug-likeness (QED) is 0.660. The number of aromatic nitrogens is 2. The van der Waals surface area contributed by atoms with Crippen molar-refractivity contribution in [1.82, 2.24) is 9.78 Å². The predicted octanol–water partition coefficient (Wildman–Crippen LogP) is 4.27. The van der Waals surface area contributed by atoms with Gasteiger partial charge in [-0.25, -0.2) is 9.07 Å². The van der Waals surface area contributed by atoms with Crippen LogP contribution >= 0.6 is 0 Å². The van der Waals surface area contributed by atoms with Crippen molar-refractivity contribution in [2.24, 2.45) is 0 Å². The number of alkyl halides is 3. The molecule has 0 fully saturated rings. The first-order chi connectivity index (χ1) is 13.7. The monoisotopic (exact) mass is 405 g/mol. The molecule has 1 amide bonds. The zero-order valence-electron chi connectivity index (χ0n) is 15.1. The van der Waals surface area contributed by atoms with Gasteiger partial charge in [-0.05, 0) is 49.4 Å². The van der Waals surface area contributed by atoms with Crippen LogP contribution in [-0.4, -0.2) is 15.7 Å². The molecule has 150 valence electrons. The maximum Gasteiger partial charge on any atom is 0.418 e. The second-order valence-corrected chi connectivity index (χ2v) is 6.22. The molecule has 9 heteroatoms. The molecular weight excluding hydrogens is 390 g/mol. The molecule has 5 nitrogen and oxygen atoms in total. The van der Waals surface area contributed by atoms with Gasteiger partial charge in [0.25, 0.3) is 5.56 Å². The van der Waals surface area contributed by atoms with Crippen molar-refractivity contribution in [2.45, 2.75) is 19.1 Å². The molecule has 3 rings (SSSR count). The summed E-state index contributed by atoms with van der Waals surface area (Å²) in [6.07, 6.45) is -4.65. The van der Waals surface area contributed by atoms with Gasteiger partial charge in [0.1, 0.15) is 11.9 Å². The summed E-state index contributed by atoms with van der Waals surface area (Å²) in [5, 5.41) is 6.31. The normalized spacial score (nSPS) is 12.4. The number of nitrogens with one attached hydrogen (secondary N) is 1. The van der Waals surface area contributed by atoms with Gasteiger partial charge < -0.3 is 5.32 Å². The number of nitrogens with zero attached hydrogens (tertiary/aromatic N) is 2. The standard InChI is InChI=1S/C20H15F4N3O2/c1-12(19(29)25-17-5-3-2-4-15(17)20(22,23)24)27-18(28)11-10-16(26-27)13-6-8-14(21)9-7-13/h2-12H,1H3,(H,25,29). The van der Waals surface area contributed by atoms with Crippen LogP contribution in [0.1, 0.15) is 18.5 Å². The van der Waals surface area contributed by atoms with Gasteiger partial charge in [0.15, 0.2) is 0 Å². The van der Waals surface area contributed by atoms with Crippen molar-refractivity contribution >= 4 is 11.6 Å². The van der Waals surface area contributed by atoms with E-state index in [1.807, 2.05) is 0 Å². The molecule has 0 bridgehead atoms. The Labute approximate surface area is 162 Å². The fourth-order valence-electron chi connectivity index (χ4n) is 2.66. The van der Waals surface area contributed by atoms with Crippen molar-refractivity contribution in [3.8, 4) is 11.3 Å². The number of carbonyl (C=O) groups excluding carboxylic acids is 1. The first-order valence-corrected chi connectivity index (χ1v) is 8.50. The highest BCUT2D eigenvalue weighted by atomic mass is 19.4. The van der Waals surface area contributed by atoms with Crippen molar-refractivity contribution in [3.05, 3.63) is 82.4 Å². The summed E-state index contributed by atoms with van der Waals surface area (Å²) >= 11 is 0. The molecule has 0 radical (unpaired) electrons. The van der Waals surface area contributed by atoms with E-state index in [1.165, 1.54) is 55.5 Å². The van der Waals surface area contributed by atoms with E-state index >= 15 is 0 Å². The Morgan fingerprint density at radius 3 is 2.34 bits per heavy atom. The number of para-hydroxylation sites is 1. The van der Waals surface area contributed by atoms with Crippen LogP contribution in [0.25, 0.3) is 11.3 Å². The minimum atomic E-state index is -4.65. The third-order valence-electron chi connectivity index (χ3n) is 4.20. The predicted molar refractivity (Wildman–Crippen MR) is 98.7 cm³/mol. The Morgan fingerprint density at radius 2 is 1.69 bits per heavy atom. The Hall–Kier alpha value is -3.49. The van der Waals surface area contributed by atoms with Gasteiger partial charge in [0.05, 0.1) is 16.9 Å². The lowest BCUT2D eigenvalue weighted by Crippen LogP contribution is -2.33. The van der Waals surface area contributed by atoms with E-state index < -0.39 is 40.8 Å². The summed E-state index contributed by atoms with van der Waals surface area (Å²) in [4.78, 5) is 24.7. The zero-order chi connectivity index (χ0) is 21.2. The Bertz CT molecular complexity index is 1090. The molecule has 2 aromatic carbocycles. The Kier molecular flexibility index (Phi) is 5.49. The molecule has 1 aromatic heterocycles. The molecule has 1 heterocycles. The van der Waals surface area contributed by atoms with E-state index in [-0.39, 0.29) is 0 Å². The number of benzene rings is 2. The summed E-state index contributed by atoms with van der Waals surface area (Å²) in [6.45, 7) is 1.34. The number of amides is 1. The smallest absolute Gasteiger partial charge is 0.324 e. The van der Waals surface area contributed by atoms with Gasteiger partial charge in [-0.3, -0.25) is 9.59 Å². The fourth-order valence-corrected chi connectivity index (χ4v) is 2.66. The molecule has 0 saturated carbocycles. The number of hydrogen-bond acceptors (Lipinski definition) is 3. The molecule has 0 aliphatic rings. The van der Waals surface area contributed by atoms with Gasteiger partial charge in [-0.2, -0.15) is 18.3 Å². The van der Waals surface area contributed by atoms with Crippen LogP contribution in [0.5, 0.6) is 0 Å². The molecule has 0 aliphatic heterocycles. The van der Waals surface area contributed by atoms with Crippen molar-refractivity contribution in [3.63, 3.8) is 0 Å². The topological polar surface area (TPSA) is 64.0 Å². The highest BCUT2D eigenvalue weighted by Gasteiger charge is 2.34. The Balaban J connectivity index is 1.90. The lowest BCUT2D eigenvalue weighted by Gasteiger charge is -2.17. The van der Waals surface area contributed by atoms with Crippen LogP contribution in [0.3, 0.4) is 0 Å². The highest BCUT2D eigenvalue weighted by molar-refractivity contribution is 5.94. The minimum Gasteiger partial charge on any atom is -0.324 e. The lowest BCUT2D eigenvalue weighted by atomic mass is 10.1. The van der Waals surface area contributed by atoms with Gasteiger partial charge in [-0.15, -0.1) is 0 Å². The average molecular weight is 405 g/mol. The molecule has 1 N–H and O–H groups in total. The molecule has 1 unspecified atom stereocenters. The molecule has 3 aromatic rings. The third kappa shape index (κ3) is 4.50. The van der Waals surface area contributed by atoms with Gasteiger partial charge >= 0.3 is 6.18 Å². The van der Waals surface area contributed by atoms with E-state index in [0.29, 0.717) is 11.3 Å². The third-order valence-corrected chi connectivity index (χ3v) is 4.20. The van der Waals surface area contributed by atoms with Crippen molar-refractivity contribution < 1.29 is 22.4 Å². The van der Waals surface area contributed by atoms with Gasteiger partial charge in [-0.1, -0.05) is 12.1 Å². The summed E-state index contributed by atoms with van der Waals surface area (Å²) in [5.74, 6) is -1.29. The summed E-state index contributed by atoms with van der Waals surface area (Å²) in [5.41, 5.74) is -1.21. The maximum absolute atomic E-state index is 13.1. The van der Waals surface area contributed by atoms with Crippen molar-refractivity contribution in [1.29, 1.82) is 0 Å². The molecular formula is C20H15F4N3O2. The van der Waals surface area contributed by atoms with Crippen molar-refractivity contribution in [2.75, 3.05) is 5.32 Å². The van der Waals surface area contributed by atoms with Crippen LogP contribution in [0, 0.1) is 5.82 Å². The van der Waals surface area contributed by atoms with E-state index in [0.717, 1.165) is 16.8 Å². The van der Waals surface area contributed by atoms with E-state index in [9.17, 15) is 27.2 Å². The molecule has 0 spiro atoms. The molecule has 29 heavy (non-hydrogen) atoms. The zero-order valence-corrected chi connectivity index (χ0v) is 15.1. The molecule has 1 atom stereocenters. The SMILES string of the molecule is CC(C(=O)Nc1ccccc1C(F)(F)F)n1nc(-c2ccc(F)cc2)ccc1=O. The summed E-state index contributed by atoms with van der Waals surface area (Å²) in [6, 6.07) is 11.3. The van der Waals surface area contributed by atoms with Crippen LogP contribution in [0.15, 0.2) is 65.5 Å². The second-order valence-electron chi connectivity index (χ2n) is 6.22. The maximum atomic E-state index is 13.1. The summed E-state index contributed by atoms with van der Waals surface area (Å²) < 4.78 is 53.3. The number of hydrogen-bond donors (Lipinski definition) is 1. The lowest BCUT2D eigenvalue weighted by molar-refractivity contribution is -0.137. The molecule has 0 saturated heterocycles. The van der Waals surface area contributed by atoms with E-state index in [4.69, 9.17) is 0 Å². The number of halogens is 4. The fraction of sp³-hybridized carbons (Fsp3) is 0.150. The van der Waals surface area contributed by atoms with Crippen LogP contribution in [0.4, 0.5) is 23.2 Å². The molecule has 0 aliphatic carbocycles.